The lowest BCUT2D eigenvalue weighted by Crippen LogP contribution is -2.14. The second kappa shape index (κ2) is 4.93. The molecule has 0 bridgehead atoms. The third kappa shape index (κ3) is 2.62. The molecule has 9 heteroatoms. The van der Waals surface area contributed by atoms with Gasteiger partial charge in [0.2, 0.25) is 0 Å². The van der Waals surface area contributed by atoms with Crippen LogP contribution in [0.25, 0.3) is 0 Å². The van der Waals surface area contributed by atoms with Crippen molar-refractivity contribution in [3.8, 4) is 0 Å². The van der Waals surface area contributed by atoms with Crippen molar-refractivity contribution in [3.63, 3.8) is 0 Å². The Labute approximate surface area is 115 Å². The molecule has 0 saturated carbocycles. The molecule has 0 spiro atoms. The van der Waals surface area contributed by atoms with Crippen LogP contribution in [0, 0.1) is 24.0 Å². The van der Waals surface area contributed by atoms with Gasteiger partial charge in [-0.1, -0.05) is 0 Å². The third-order valence-electron chi connectivity index (χ3n) is 2.84. The van der Waals surface area contributed by atoms with E-state index in [1.165, 1.54) is 12.1 Å². The molecule has 0 aliphatic carbocycles. The zero-order chi connectivity index (χ0) is 14.9. The highest BCUT2D eigenvalue weighted by atomic mass is 32.2. The van der Waals surface area contributed by atoms with Crippen LogP contribution >= 0.6 is 0 Å². The van der Waals surface area contributed by atoms with E-state index in [-0.39, 0.29) is 16.4 Å². The monoisotopic (exact) mass is 296 g/mol. The lowest BCUT2D eigenvalue weighted by molar-refractivity contribution is -0.384. The van der Waals surface area contributed by atoms with E-state index in [2.05, 4.69) is 14.9 Å². The zero-order valence-electron chi connectivity index (χ0n) is 10.7. The Morgan fingerprint density at radius 1 is 1.25 bits per heavy atom. The molecule has 2 N–H and O–H groups in total. The standard InChI is InChI=1S/C11H12N4O4S/c1-7-8(2)12-13-11(7)14-20(18,19)10-5-3-9(4-6-10)15(16)17/h3-6H,1-2H3,(H2,12,13,14). The number of sulfonamides is 1. The van der Waals surface area contributed by atoms with Gasteiger partial charge in [-0.3, -0.25) is 19.9 Å². The van der Waals surface area contributed by atoms with Crippen LogP contribution in [0.3, 0.4) is 0 Å². The number of H-pyrrole nitrogens is 1. The van der Waals surface area contributed by atoms with Gasteiger partial charge in [-0.25, -0.2) is 8.42 Å². The van der Waals surface area contributed by atoms with Gasteiger partial charge in [-0.05, 0) is 26.0 Å². The van der Waals surface area contributed by atoms with E-state index in [1.54, 1.807) is 13.8 Å². The van der Waals surface area contributed by atoms with Gasteiger partial charge in [0.15, 0.2) is 5.82 Å². The fourth-order valence-electron chi connectivity index (χ4n) is 1.52. The maximum atomic E-state index is 12.1. The van der Waals surface area contributed by atoms with Gasteiger partial charge in [0.05, 0.1) is 9.82 Å². The number of nitro groups is 1. The molecule has 0 saturated heterocycles. The molecule has 0 atom stereocenters. The lowest BCUT2D eigenvalue weighted by Gasteiger charge is -2.06. The highest BCUT2D eigenvalue weighted by molar-refractivity contribution is 7.92. The van der Waals surface area contributed by atoms with E-state index in [4.69, 9.17) is 0 Å². The average molecular weight is 296 g/mol. The van der Waals surface area contributed by atoms with Crippen molar-refractivity contribution in [2.45, 2.75) is 18.7 Å². The van der Waals surface area contributed by atoms with Crippen molar-refractivity contribution in [1.29, 1.82) is 0 Å². The minimum absolute atomic E-state index is 0.0665. The quantitative estimate of drug-likeness (QED) is 0.658. The number of aryl methyl sites for hydroxylation is 1. The zero-order valence-corrected chi connectivity index (χ0v) is 11.6. The SMILES string of the molecule is Cc1[nH]nc(NS(=O)(=O)c2ccc([N+](=O)[O-])cc2)c1C. The number of hydrogen-bond acceptors (Lipinski definition) is 5. The summed E-state index contributed by atoms with van der Waals surface area (Å²) in [5, 5.41) is 17.0. The fourth-order valence-corrected chi connectivity index (χ4v) is 2.58. The van der Waals surface area contributed by atoms with Gasteiger partial charge in [-0.15, -0.1) is 0 Å². The van der Waals surface area contributed by atoms with Gasteiger partial charge in [-0.2, -0.15) is 5.10 Å². The number of nitro benzene ring substituents is 1. The number of aromatic amines is 1. The van der Waals surface area contributed by atoms with Crippen molar-refractivity contribution in [2.24, 2.45) is 0 Å². The first-order valence-electron chi connectivity index (χ1n) is 5.60. The Kier molecular flexibility index (Phi) is 3.45. The summed E-state index contributed by atoms with van der Waals surface area (Å²) in [6.45, 7) is 3.50. The highest BCUT2D eigenvalue weighted by Gasteiger charge is 2.18. The third-order valence-corrected chi connectivity index (χ3v) is 4.20. The van der Waals surface area contributed by atoms with E-state index in [1.807, 2.05) is 0 Å². The lowest BCUT2D eigenvalue weighted by atomic mass is 10.3. The van der Waals surface area contributed by atoms with Gasteiger partial charge in [0.25, 0.3) is 15.7 Å². The Balaban J connectivity index is 2.31. The summed E-state index contributed by atoms with van der Waals surface area (Å²) in [5.41, 5.74) is 1.28. The minimum Gasteiger partial charge on any atom is -0.280 e. The van der Waals surface area contributed by atoms with E-state index in [9.17, 15) is 18.5 Å². The number of non-ortho nitro benzene ring substituents is 1. The first kappa shape index (κ1) is 14.0. The van der Waals surface area contributed by atoms with Crippen molar-refractivity contribution in [3.05, 3.63) is 45.6 Å². The summed E-state index contributed by atoms with van der Waals surface area (Å²) >= 11 is 0. The predicted molar refractivity (Wildman–Crippen MR) is 72.0 cm³/mol. The average Bonchev–Trinajstić information content (AvgIpc) is 2.70. The van der Waals surface area contributed by atoms with E-state index in [0.29, 0.717) is 5.56 Å². The minimum atomic E-state index is -3.82. The Morgan fingerprint density at radius 3 is 2.30 bits per heavy atom. The van der Waals surface area contributed by atoms with Crippen LogP contribution in [0.5, 0.6) is 0 Å². The number of nitrogens with one attached hydrogen (secondary N) is 2. The Hall–Kier alpha value is -2.42. The number of hydrogen-bond donors (Lipinski definition) is 2. The second-order valence-electron chi connectivity index (χ2n) is 4.18. The van der Waals surface area contributed by atoms with Gasteiger partial charge < -0.3 is 0 Å². The molecular formula is C11H12N4O4S. The molecule has 8 nitrogen and oxygen atoms in total. The topological polar surface area (TPSA) is 118 Å². The van der Waals surface area contributed by atoms with Gasteiger partial charge in [0.1, 0.15) is 0 Å². The molecule has 2 aromatic rings. The van der Waals surface area contributed by atoms with E-state index in [0.717, 1.165) is 17.8 Å². The molecule has 0 aliphatic heterocycles. The summed E-state index contributed by atoms with van der Waals surface area (Å²) < 4.78 is 26.6. The van der Waals surface area contributed by atoms with Gasteiger partial charge in [0, 0.05) is 23.4 Å². The van der Waals surface area contributed by atoms with Crippen LogP contribution in [0.1, 0.15) is 11.3 Å². The molecule has 2 rings (SSSR count). The molecule has 1 aromatic heterocycles. The first-order valence-corrected chi connectivity index (χ1v) is 7.08. The molecule has 0 aliphatic rings. The number of rotatable bonds is 4. The molecule has 0 amide bonds. The summed E-state index contributed by atoms with van der Waals surface area (Å²) in [4.78, 5) is 9.87. The molecule has 106 valence electrons. The molecule has 0 unspecified atom stereocenters. The maximum Gasteiger partial charge on any atom is 0.269 e. The van der Waals surface area contributed by atoms with Crippen LogP contribution in [0.4, 0.5) is 11.5 Å². The normalized spacial score (nSPS) is 11.3. The van der Waals surface area contributed by atoms with E-state index >= 15 is 0 Å². The maximum absolute atomic E-state index is 12.1. The Morgan fingerprint density at radius 2 is 1.85 bits per heavy atom. The predicted octanol–water partition coefficient (Wildman–Crippen LogP) is 1.74. The summed E-state index contributed by atoms with van der Waals surface area (Å²) in [6.07, 6.45) is 0. The number of benzene rings is 1. The molecule has 20 heavy (non-hydrogen) atoms. The number of nitrogens with zero attached hydrogens (tertiary/aromatic N) is 2. The second-order valence-corrected chi connectivity index (χ2v) is 5.86. The van der Waals surface area contributed by atoms with Crippen molar-refractivity contribution in [1.82, 2.24) is 10.2 Å². The summed E-state index contributed by atoms with van der Waals surface area (Å²) in [7, 11) is -3.82. The summed E-state index contributed by atoms with van der Waals surface area (Å²) in [6, 6.07) is 4.62. The number of anilines is 1. The van der Waals surface area contributed by atoms with E-state index < -0.39 is 14.9 Å². The molecule has 0 radical (unpaired) electrons. The van der Waals surface area contributed by atoms with Crippen LogP contribution in [0.2, 0.25) is 0 Å². The van der Waals surface area contributed by atoms with Crippen molar-refractivity contribution in [2.75, 3.05) is 4.72 Å². The fraction of sp³-hybridized carbons (Fsp3) is 0.182. The largest absolute Gasteiger partial charge is 0.280 e. The van der Waals surface area contributed by atoms with Crippen LogP contribution < -0.4 is 4.72 Å². The molecule has 0 fully saturated rings. The Bertz CT molecular complexity index is 749. The molecule has 1 aromatic carbocycles. The van der Waals surface area contributed by atoms with Gasteiger partial charge >= 0.3 is 0 Å². The molecular weight excluding hydrogens is 284 g/mol. The first-order chi connectivity index (χ1) is 9.31. The number of aromatic nitrogens is 2. The molecule has 1 heterocycles. The smallest absolute Gasteiger partial charge is 0.269 e. The van der Waals surface area contributed by atoms with Crippen molar-refractivity contribution >= 4 is 21.5 Å². The van der Waals surface area contributed by atoms with Crippen molar-refractivity contribution < 1.29 is 13.3 Å². The summed E-state index contributed by atoms with van der Waals surface area (Å²) in [5.74, 6) is 0.209. The van der Waals surface area contributed by atoms with Crippen LogP contribution in [-0.2, 0) is 10.0 Å². The highest BCUT2D eigenvalue weighted by Crippen LogP contribution is 2.21. The van der Waals surface area contributed by atoms with Crippen LogP contribution in [0.15, 0.2) is 29.2 Å². The van der Waals surface area contributed by atoms with Crippen LogP contribution in [-0.4, -0.2) is 23.5 Å².